The third kappa shape index (κ3) is 2.60. The van der Waals surface area contributed by atoms with Gasteiger partial charge in [0, 0.05) is 22.2 Å². The van der Waals surface area contributed by atoms with Gasteiger partial charge in [-0.05, 0) is 35.1 Å². The lowest BCUT2D eigenvalue weighted by Gasteiger charge is -2.20. The molecule has 0 unspecified atom stereocenters. The number of hydrogen-bond acceptors (Lipinski definition) is 2. The number of nitrogens with zero attached hydrogens (tertiary/aromatic N) is 4. The monoisotopic (exact) mass is 240 g/mol. The van der Waals surface area contributed by atoms with Crippen LogP contribution in [0.2, 0.25) is 0 Å². The molecule has 0 atom stereocenters. The van der Waals surface area contributed by atoms with Crippen molar-refractivity contribution in [2.45, 2.75) is 27.2 Å². The highest BCUT2D eigenvalue weighted by molar-refractivity contribution is 5.86. The molecule has 1 aromatic carbocycles. The second-order valence-electron chi connectivity index (χ2n) is 5.56. The Morgan fingerprint density at radius 1 is 1.28 bits per heavy atom. The van der Waals surface area contributed by atoms with Crippen LogP contribution < -0.4 is 0 Å². The minimum Gasteiger partial charge on any atom is -0.256 e. The van der Waals surface area contributed by atoms with Gasteiger partial charge in [0.2, 0.25) is 0 Å². The maximum atomic E-state index is 8.66. The molecule has 2 rings (SSSR count). The molecule has 0 radical (unpaired) electrons. The molecule has 2 aromatic rings. The third-order valence-electron chi connectivity index (χ3n) is 2.73. The maximum Gasteiger partial charge on any atom is 0.0704 e. The number of pyridine rings is 1. The average molecular weight is 240 g/mol. The fourth-order valence-corrected chi connectivity index (χ4v) is 2.06. The van der Waals surface area contributed by atoms with Gasteiger partial charge in [-0.2, -0.15) is 0 Å². The van der Waals surface area contributed by atoms with E-state index in [-0.39, 0.29) is 5.41 Å². The van der Waals surface area contributed by atoms with Crippen LogP contribution >= 0.6 is 0 Å². The molecule has 0 amide bonds. The van der Waals surface area contributed by atoms with Gasteiger partial charge in [0.25, 0.3) is 0 Å². The molecule has 1 heterocycles. The number of aromatic nitrogens is 1. The van der Waals surface area contributed by atoms with Crippen molar-refractivity contribution in [1.29, 1.82) is 0 Å². The van der Waals surface area contributed by atoms with Crippen LogP contribution in [0.25, 0.3) is 21.3 Å². The summed E-state index contributed by atoms with van der Waals surface area (Å²) in [6.45, 7) is 6.51. The number of rotatable bonds is 2. The molecule has 1 aromatic heterocycles. The second kappa shape index (κ2) is 4.67. The van der Waals surface area contributed by atoms with Gasteiger partial charge >= 0.3 is 0 Å². The summed E-state index contributed by atoms with van der Waals surface area (Å²) >= 11 is 0. The Balaban J connectivity index is 2.70. The summed E-state index contributed by atoms with van der Waals surface area (Å²) in [6.07, 6.45) is 2.63. The van der Waals surface area contributed by atoms with Crippen LogP contribution in [0.15, 0.2) is 35.6 Å². The normalized spacial score (nSPS) is 11.3. The van der Waals surface area contributed by atoms with Crippen LogP contribution in [0.4, 0.5) is 5.69 Å². The van der Waals surface area contributed by atoms with E-state index in [1.165, 1.54) is 0 Å². The summed E-state index contributed by atoms with van der Waals surface area (Å²) < 4.78 is 0. The summed E-state index contributed by atoms with van der Waals surface area (Å²) in [4.78, 5) is 7.25. The molecule has 0 bridgehead atoms. The van der Waals surface area contributed by atoms with E-state index >= 15 is 0 Å². The van der Waals surface area contributed by atoms with E-state index in [0.717, 1.165) is 22.9 Å². The van der Waals surface area contributed by atoms with E-state index in [1.54, 1.807) is 6.20 Å². The van der Waals surface area contributed by atoms with Crippen molar-refractivity contribution in [2.24, 2.45) is 10.5 Å². The highest BCUT2D eigenvalue weighted by Crippen LogP contribution is 2.33. The zero-order valence-electron chi connectivity index (χ0n) is 10.9. The molecule has 18 heavy (non-hydrogen) atoms. The fraction of sp³-hybridized carbons (Fsp3) is 0.357. The SMILES string of the molecule is CC(C)(C)Cc1c(N=[N+]=[N-])ccc2ncccc12. The van der Waals surface area contributed by atoms with E-state index < -0.39 is 0 Å². The van der Waals surface area contributed by atoms with Crippen molar-refractivity contribution in [2.75, 3.05) is 0 Å². The van der Waals surface area contributed by atoms with Gasteiger partial charge < -0.3 is 0 Å². The Hall–Kier alpha value is -2.06. The van der Waals surface area contributed by atoms with Crippen molar-refractivity contribution >= 4 is 16.6 Å². The van der Waals surface area contributed by atoms with Crippen LogP contribution in [0.3, 0.4) is 0 Å². The number of fused-ring (bicyclic) bond motifs is 1. The number of hydrogen-bond donors (Lipinski definition) is 0. The average Bonchev–Trinajstić information content (AvgIpc) is 2.31. The summed E-state index contributed by atoms with van der Waals surface area (Å²) in [7, 11) is 0. The number of benzene rings is 1. The van der Waals surface area contributed by atoms with Gasteiger partial charge in [-0.15, -0.1) is 0 Å². The van der Waals surface area contributed by atoms with E-state index in [1.807, 2.05) is 24.3 Å². The molecular formula is C14H16N4. The van der Waals surface area contributed by atoms with Crippen molar-refractivity contribution in [3.63, 3.8) is 0 Å². The van der Waals surface area contributed by atoms with Crippen molar-refractivity contribution in [3.8, 4) is 0 Å². The Labute approximate surface area is 106 Å². The van der Waals surface area contributed by atoms with E-state index in [0.29, 0.717) is 5.69 Å². The predicted octanol–water partition coefficient (Wildman–Crippen LogP) is 4.77. The first-order valence-electron chi connectivity index (χ1n) is 5.93. The molecule has 0 saturated carbocycles. The first-order chi connectivity index (χ1) is 8.51. The standard InChI is InChI=1S/C14H16N4/c1-14(2,3)9-11-10-5-4-8-16-12(10)6-7-13(11)17-18-15/h4-8H,9H2,1-3H3. The summed E-state index contributed by atoms with van der Waals surface area (Å²) in [5.74, 6) is 0. The van der Waals surface area contributed by atoms with Crippen molar-refractivity contribution in [1.82, 2.24) is 4.98 Å². The minimum absolute atomic E-state index is 0.129. The molecule has 0 saturated heterocycles. The highest BCUT2D eigenvalue weighted by atomic mass is 15.1. The first-order valence-corrected chi connectivity index (χ1v) is 5.93. The van der Waals surface area contributed by atoms with Crippen molar-refractivity contribution in [3.05, 3.63) is 46.5 Å². The maximum absolute atomic E-state index is 8.66. The molecule has 4 nitrogen and oxygen atoms in total. The Morgan fingerprint density at radius 3 is 2.72 bits per heavy atom. The molecule has 0 N–H and O–H groups in total. The summed E-state index contributed by atoms with van der Waals surface area (Å²) in [6, 6.07) is 7.68. The van der Waals surface area contributed by atoms with Crippen LogP contribution in [-0.2, 0) is 6.42 Å². The predicted molar refractivity (Wildman–Crippen MR) is 73.7 cm³/mol. The van der Waals surface area contributed by atoms with Gasteiger partial charge in [0.05, 0.1) is 5.52 Å². The fourth-order valence-electron chi connectivity index (χ4n) is 2.06. The Bertz CT molecular complexity index is 619. The van der Waals surface area contributed by atoms with Crippen molar-refractivity contribution < 1.29 is 0 Å². The lowest BCUT2D eigenvalue weighted by atomic mass is 9.86. The van der Waals surface area contributed by atoms with Gasteiger partial charge in [-0.25, -0.2) is 0 Å². The largest absolute Gasteiger partial charge is 0.256 e. The van der Waals surface area contributed by atoms with Gasteiger partial charge in [-0.1, -0.05) is 38.0 Å². The Morgan fingerprint density at radius 2 is 2.06 bits per heavy atom. The molecule has 0 spiro atoms. The lowest BCUT2D eigenvalue weighted by molar-refractivity contribution is 0.413. The molecular weight excluding hydrogens is 224 g/mol. The van der Waals surface area contributed by atoms with E-state index in [4.69, 9.17) is 5.53 Å². The molecule has 0 aliphatic heterocycles. The van der Waals surface area contributed by atoms with Crippen LogP contribution in [-0.4, -0.2) is 4.98 Å². The Kier molecular flexibility index (Phi) is 3.21. The van der Waals surface area contributed by atoms with Gasteiger partial charge in [0.15, 0.2) is 0 Å². The summed E-state index contributed by atoms with van der Waals surface area (Å²) in [5.41, 5.74) is 11.5. The quantitative estimate of drug-likeness (QED) is 0.424. The smallest absolute Gasteiger partial charge is 0.0704 e. The molecule has 0 fully saturated rings. The second-order valence-corrected chi connectivity index (χ2v) is 5.56. The van der Waals surface area contributed by atoms with Gasteiger partial charge in [0.1, 0.15) is 0 Å². The summed E-state index contributed by atoms with van der Waals surface area (Å²) in [5, 5.41) is 4.86. The zero-order chi connectivity index (χ0) is 13.2. The zero-order valence-corrected chi connectivity index (χ0v) is 10.9. The highest BCUT2D eigenvalue weighted by Gasteiger charge is 2.16. The van der Waals surface area contributed by atoms with Gasteiger partial charge in [-0.3, -0.25) is 4.98 Å². The first kappa shape index (κ1) is 12.4. The lowest BCUT2D eigenvalue weighted by Crippen LogP contribution is -2.09. The van der Waals surface area contributed by atoms with Crippen LogP contribution in [0.5, 0.6) is 0 Å². The minimum atomic E-state index is 0.129. The topological polar surface area (TPSA) is 61.7 Å². The molecule has 0 aliphatic carbocycles. The van der Waals surface area contributed by atoms with E-state index in [9.17, 15) is 0 Å². The van der Waals surface area contributed by atoms with Crippen LogP contribution in [0, 0.1) is 5.41 Å². The third-order valence-corrected chi connectivity index (χ3v) is 2.73. The number of azide groups is 1. The molecule has 92 valence electrons. The van der Waals surface area contributed by atoms with E-state index in [2.05, 4.69) is 35.8 Å². The van der Waals surface area contributed by atoms with Crippen LogP contribution in [0.1, 0.15) is 26.3 Å². The molecule has 4 heteroatoms. The molecule has 0 aliphatic rings.